The molecule has 1 aromatic heterocycles. The smallest absolute Gasteiger partial charge is 0.417 e. The van der Waals surface area contributed by atoms with E-state index < -0.39 is 16.7 Å². The molecular weight excluding hydrogens is 393 g/mol. The Balaban J connectivity index is 1.53. The molecule has 11 heteroatoms. The Labute approximate surface area is 163 Å². The Morgan fingerprint density at radius 3 is 2.41 bits per heavy atom. The Morgan fingerprint density at radius 1 is 1.14 bits per heavy atom. The number of para-hydroxylation sites is 2. The first kappa shape index (κ1) is 20.4. The van der Waals surface area contributed by atoms with E-state index in [-0.39, 0.29) is 24.0 Å². The zero-order valence-corrected chi connectivity index (χ0v) is 15.1. The third-order valence-electron chi connectivity index (χ3n) is 4.44. The van der Waals surface area contributed by atoms with Crippen LogP contribution >= 0.6 is 0 Å². The summed E-state index contributed by atoms with van der Waals surface area (Å²) >= 11 is 0. The molecule has 2 heterocycles. The monoisotopic (exact) mass is 410 g/mol. The van der Waals surface area contributed by atoms with Crippen LogP contribution in [0.3, 0.4) is 0 Å². The van der Waals surface area contributed by atoms with Crippen molar-refractivity contribution in [2.75, 3.05) is 37.7 Å². The van der Waals surface area contributed by atoms with Gasteiger partial charge in [0.1, 0.15) is 5.82 Å². The van der Waals surface area contributed by atoms with E-state index in [1.165, 1.54) is 29.2 Å². The van der Waals surface area contributed by atoms with Gasteiger partial charge >= 0.3 is 11.9 Å². The van der Waals surface area contributed by atoms with Crippen LogP contribution in [0.4, 0.5) is 24.7 Å². The number of nitro groups is 1. The molecule has 8 nitrogen and oxygen atoms in total. The van der Waals surface area contributed by atoms with Gasteiger partial charge in [0.2, 0.25) is 0 Å². The maximum Gasteiger partial charge on any atom is 0.417 e. The van der Waals surface area contributed by atoms with E-state index in [4.69, 9.17) is 4.74 Å². The first-order valence-electron chi connectivity index (χ1n) is 8.68. The molecule has 0 atom stereocenters. The van der Waals surface area contributed by atoms with Gasteiger partial charge in [-0.3, -0.25) is 14.9 Å². The van der Waals surface area contributed by atoms with Crippen molar-refractivity contribution in [1.82, 2.24) is 9.88 Å². The fraction of sp³-hybridized carbons (Fsp3) is 0.333. The van der Waals surface area contributed by atoms with Crippen molar-refractivity contribution in [1.29, 1.82) is 0 Å². The summed E-state index contributed by atoms with van der Waals surface area (Å²) in [5.74, 6) is 0.0860. The lowest BCUT2D eigenvalue weighted by molar-refractivity contribution is -0.385. The van der Waals surface area contributed by atoms with Gasteiger partial charge in [-0.1, -0.05) is 12.1 Å². The number of carbonyl (C=O) groups excluding carboxylic acids is 1. The van der Waals surface area contributed by atoms with Crippen LogP contribution in [-0.4, -0.2) is 53.5 Å². The summed E-state index contributed by atoms with van der Waals surface area (Å²) in [6.07, 6.45) is -3.65. The minimum atomic E-state index is -4.44. The second kappa shape index (κ2) is 8.33. The third kappa shape index (κ3) is 4.92. The summed E-state index contributed by atoms with van der Waals surface area (Å²) in [6.45, 7) is 1.12. The van der Waals surface area contributed by atoms with Crippen molar-refractivity contribution >= 4 is 17.4 Å². The molecule has 1 fully saturated rings. The number of halogens is 3. The lowest BCUT2D eigenvalue weighted by atomic mass is 10.2. The number of hydrogen-bond donors (Lipinski definition) is 0. The molecule has 1 aromatic carbocycles. The number of nitrogens with zero attached hydrogens (tertiary/aromatic N) is 4. The maximum atomic E-state index is 12.6. The quantitative estimate of drug-likeness (QED) is 0.556. The first-order valence-corrected chi connectivity index (χ1v) is 8.68. The number of alkyl halides is 3. The lowest BCUT2D eigenvalue weighted by Gasteiger charge is -2.35. The van der Waals surface area contributed by atoms with E-state index in [1.54, 1.807) is 11.0 Å². The average Bonchev–Trinajstić information content (AvgIpc) is 2.71. The average molecular weight is 410 g/mol. The zero-order valence-electron chi connectivity index (χ0n) is 15.1. The predicted molar refractivity (Wildman–Crippen MR) is 96.6 cm³/mol. The second-order valence-corrected chi connectivity index (χ2v) is 6.28. The van der Waals surface area contributed by atoms with Crippen molar-refractivity contribution in [3.05, 3.63) is 58.3 Å². The highest BCUT2D eigenvalue weighted by molar-refractivity contribution is 5.78. The number of amides is 1. The van der Waals surface area contributed by atoms with E-state index in [1.807, 2.05) is 0 Å². The fourth-order valence-electron chi connectivity index (χ4n) is 2.89. The van der Waals surface area contributed by atoms with E-state index >= 15 is 0 Å². The van der Waals surface area contributed by atoms with Crippen molar-refractivity contribution in [3.63, 3.8) is 0 Å². The molecule has 0 bridgehead atoms. The number of carbonyl (C=O) groups is 1. The molecule has 1 aliphatic heterocycles. The van der Waals surface area contributed by atoms with Gasteiger partial charge in [-0.2, -0.15) is 13.2 Å². The van der Waals surface area contributed by atoms with Gasteiger partial charge in [-0.05, 0) is 18.2 Å². The highest BCUT2D eigenvalue weighted by Gasteiger charge is 2.31. The van der Waals surface area contributed by atoms with Crippen LogP contribution in [0.1, 0.15) is 5.56 Å². The number of aromatic nitrogens is 1. The SMILES string of the molecule is O=C(COc1ccccc1[N+](=O)[O-])N1CCN(c2ccc(C(F)(F)F)cn2)CC1. The van der Waals surface area contributed by atoms with Gasteiger partial charge in [0.15, 0.2) is 12.4 Å². The van der Waals surface area contributed by atoms with E-state index in [2.05, 4.69) is 4.98 Å². The van der Waals surface area contributed by atoms with E-state index in [0.29, 0.717) is 32.0 Å². The lowest BCUT2D eigenvalue weighted by Crippen LogP contribution is -2.50. The second-order valence-electron chi connectivity index (χ2n) is 6.28. The van der Waals surface area contributed by atoms with Crippen LogP contribution in [0.25, 0.3) is 0 Å². The van der Waals surface area contributed by atoms with Gasteiger partial charge < -0.3 is 14.5 Å². The molecule has 1 aliphatic rings. The zero-order chi connectivity index (χ0) is 21.0. The van der Waals surface area contributed by atoms with Gasteiger partial charge in [0.05, 0.1) is 10.5 Å². The molecule has 0 spiro atoms. The molecular formula is C18H17F3N4O4. The number of pyridine rings is 1. The van der Waals surface area contributed by atoms with Crippen LogP contribution in [0, 0.1) is 10.1 Å². The highest BCUT2D eigenvalue weighted by Crippen LogP contribution is 2.29. The van der Waals surface area contributed by atoms with Crippen molar-refractivity contribution < 1.29 is 27.6 Å². The number of piperazine rings is 1. The molecule has 29 heavy (non-hydrogen) atoms. The van der Waals surface area contributed by atoms with Gasteiger partial charge in [-0.15, -0.1) is 0 Å². The molecule has 0 radical (unpaired) electrons. The molecule has 1 amide bonds. The first-order chi connectivity index (χ1) is 13.8. The molecule has 1 saturated heterocycles. The molecule has 2 aromatic rings. The maximum absolute atomic E-state index is 12.6. The number of nitro benzene ring substituents is 1. The Hall–Kier alpha value is -3.37. The van der Waals surface area contributed by atoms with Crippen molar-refractivity contribution in [3.8, 4) is 5.75 Å². The summed E-state index contributed by atoms with van der Waals surface area (Å²) in [6, 6.07) is 8.05. The van der Waals surface area contributed by atoms with Crippen LogP contribution in [0.2, 0.25) is 0 Å². The molecule has 0 aliphatic carbocycles. The van der Waals surface area contributed by atoms with Crippen molar-refractivity contribution in [2.24, 2.45) is 0 Å². The molecule has 154 valence electrons. The van der Waals surface area contributed by atoms with Gasteiger partial charge in [0.25, 0.3) is 5.91 Å². The van der Waals surface area contributed by atoms with Crippen molar-refractivity contribution in [2.45, 2.75) is 6.18 Å². The number of ether oxygens (including phenoxy) is 1. The highest BCUT2D eigenvalue weighted by atomic mass is 19.4. The third-order valence-corrected chi connectivity index (χ3v) is 4.44. The predicted octanol–water partition coefficient (Wildman–Crippen LogP) is 2.74. The van der Waals surface area contributed by atoms with Crippen LogP contribution in [0.15, 0.2) is 42.6 Å². The number of rotatable bonds is 5. The minimum absolute atomic E-state index is 0.0124. The Kier molecular flexibility index (Phi) is 5.85. The summed E-state index contributed by atoms with van der Waals surface area (Å²) in [5.41, 5.74) is -1.04. The molecule has 0 unspecified atom stereocenters. The Morgan fingerprint density at radius 2 is 1.83 bits per heavy atom. The largest absolute Gasteiger partial charge is 0.477 e. The summed E-state index contributed by atoms with van der Waals surface area (Å²) in [7, 11) is 0. The molecule has 0 saturated carbocycles. The number of benzene rings is 1. The molecule has 3 rings (SSSR count). The molecule has 0 N–H and O–H groups in total. The van der Waals surface area contributed by atoms with E-state index in [0.717, 1.165) is 12.3 Å². The standard InChI is InChI=1S/C18H17F3N4O4/c19-18(20,21)13-5-6-16(22-11-13)23-7-9-24(10-8-23)17(26)12-29-15-4-2-1-3-14(15)25(27)28/h1-6,11H,7-10,12H2. The topological polar surface area (TPSA) is 88.8 Å². The summed E-state index contributed by atoms with van der Waals surface area (Å²) in [5, 5.41) is 11.0. The summed E-state index contributed by atoms with van der Waals surface area (Å²) in [4.78, 5) is 29.9. The Bertz CT molecular complexity index is 881. The number of hydrogen-bond acceptors (Lipinski definition) is 6. The van der Waals surface area contributed by atoms with Crippen LogP contribution < -0.4 is 9.64 Å². The van der Waals surface area contributed by atoms with Gasteiger partial charge in [-0.25, -0.2) is 4.98 Å². The van der Waals surface area contributed by atoms with Crippen LogP contribution in [-0.2, 0) is 11.0 Å². The summed E-state index contributed by atoms with van der Waals surface area (Å²) < 4.78 is 43.2. The fourth-order valence-corrected chi connectivity index (χ4v) is 2.89. The van der Waals surface area contributed by atoms with E-state index in [9.17, 15) is 28.1 Å². The number of anilines is 1. The normalized spacial score (nSPS) is 14.6. The minimum Gasteiger partial charge on any atom is -0.477 e. The van der Waals surface area contributed by atoms with Crippen LogP contribution in [0.5, 0.6) is 5.75 Å². The van der Waals surface area contributed by atoms with Gasteiger partial charge in [0, 0.05) is 38.4 Å².